The number of ether oxygens (including phenoxy) is 1. The third-order valence-electron chi connectivity index (χ3n) is 5.58. The van der Waals surface area contributed by atoms with Crippen molar-refractivity contribution in [3.63, 3.8) is 0 Å². The van der Waals surface area contributed by atoms with Gasteiger partial charge in [0.1, 0.15) is 5.75 Å². The van der Waals surface area contributed by atoms with Crippen molar-refractivity contribution in [3.05, 3.63) is 120 Å². The van der Waals surface area contributed by atoms with Crippen LogP contribution < -0.4 is 4.74 Å². The molecule has 4 aromatic carbocycles. The Bertz CT molecular complexity index is 1270. The Hall–Kier alpha value is -3.78. The van der Waals surface area contributed by atoms with Gasteiger partial charge in [0.15, 0.2) is 0 Å². The molecule has 2 heteroatoms. The number of nitrogens with zero attached hydrogens (tertiary/aromatic N) is 1. The predicted octanol–water partition coefficient (Wildman–Crippen LogP) is 6.90. The van der Waals surface area contributed by atoms with E-state index in [1.54, 1.807) is 7.11 Å². The highest BCUT2D eigenvalue weighted by atomic mass is 16.5. The minimum atomic E-state index is 0.862. The monoisotopic (exact) mass is 389 g/mol. The van der Waals surface area contributed by atoms with Gasteiger partial charge in [0, 0.05) is 17.5 Å². The highest BCUT2D eigenvalue weighted by Gasteiger charge is 2.19. The number of fused-ring (bicyclic) bond motifs is 1. The number of aromatic nitrogens is 1. The Morgan fingerprint density at radius 2 is 1.30 bits per heavy atom. The van der Waals surface area contributed by atoms with Crippen molar-refractivity contribution in [2.24, 2.45) is 0 Å². The van der Waals surface area contributed by atoms with Crippen LogP contribution in [0.5, 0.6) is 5.75 Å². The standard InChI is InChI=1S/C28H23NO/c1-30-24-18-16-23(17-19-24)29-27-15-9-8-14-25(27)26(20-21-10-4-2-5-11-21)28(29)22-12-6-3-7-13-22/h2-19H,20H2,1H3. The molecule has 2 nitrogen and oxygen atoms in total. The van der Waals surface area contributed by atoms with Crippen molar-refractivity contribution in [2.45, 2.75) is 6.42 Å². The fraction of sp³-hybridized carbons (Fsp3) is 0.0714. The lowest BCUT2D eigenvalue weighted by Crippen LogP contribution is -1.99. The summed E-state index contributed by atoms with van der Waals surface area (Å²) < 4.78 is 7.76. The lowest BCUT2D eigenvalue weighted by Gasteiger charge is -2.14. The molecule has 0 spiro atoms. The molecule has 0 saturated carbocycles. The maximum absolute atomic E-state index is 5.38. The Labute approximate surface area is 177 Å². The molecule has 0 aliphatic heterocycles. The first-order valence-corrected chi connectivity index (χ1v) is 10.2. The van der Waals surface area contributed by atoms with Gasteiger partial charge in [-0.2, -0.15) is 0 Å². The molecule has 0 atom stereocenters. The summed E-state index contributed by atoms with van der Waals surface area (Å²) in [5.41, 5.74) is 7.46. The van der Waals surface area contributed by atoms with Gasteiger partial charge in [-0.15, -0.1) is 0 Å². The lowest BCUT2D eigenvalue weighted by molar-refractivity contribution is 0.415. The molecular formula is C28H23NO. The predicted molar refractivity (Wildman–Crippen MR) is 125 cm³/mol. The summed E-state index contributed by atoms with van der Waals surface area (Å²) in [6.45, 7) is 0. The van der Waals surface area contributed by atoms with E-state index in [2.05, 4.69) is 102 Å². The van der Waals surface area contributed by atoms with E-state index in [9.17, 15) is 0 Å². The lowest BCUT2D eigenvalue weighted by atomic mass is 9.98. The normalized spacial score (nSPS) is 11.0. The molecule has 0 N–H and O–H groups in total. The van der Waals surface area contributed by atoms with Crippen molar-refractivity contribution in [3.8, 4) is 22.7 Å². The summed E-state index contributed by atoms with van der Waals surface area (Å²) in [7, 11) is 1.70. The fourth-order valence-corrected chi connectivity index (χ4v) is 4.18. The largest absolute Gasteiger partial charge is 0.497 e. The van der Waals surface area contributed by atoms with Crippen molar-refractivity contribution in [1.29, 1.82) is 0 Å². The second-order valence-electron chi connectivity index (χ2n) is 7.41. The Balaban J connectivity index is 1.81. The molecule has 0 aliphatic carbocycles. The Kier molecular flexibility index (Phi) is 4.82. The molecule has 0 unspecified atom stereocenters. The van der Waals surface area contributed by atoms with Crippen molar-refractivity contribution in [1.82, 2.24) is 4.57 Å². The van der Waals surface area contributed by atoms with Gasteiger partial charge >= 0.3 is 0 Å². The highest BCUT2D eigenvalue weighted by molar-refractivity contribution is 5.94. The van der Waals surface area contributed by atoms with Gasteiger partial charge < -0.3 is 9.30 Å². The first-order valence-electron chi connectivity index (χ1n) is 10.2. The van der Waals surface area contributed by atoms with Crippen LogP contribution in [0.1, 0.15) is 11.1 Å². The number of methoxy groups -OCH3 is 1. The van der Waals surface area contributed by atoms with E-state index in [1.807, 2.05) is 12.1 Å². The van der Waals surface area contributed by atoms with E-state index in [1.165, 1.54) is 33.3 Å². The van der Waals surface area contributed by atoms with E-state index >= 15 is 0 Å². The van der Waals surface area contributed by atoms with Crippen LogP contribution in [0, 0.1) is 0 Å². The molecule has 5 aromatic rings. The van der Waals surface area contributed by atoms with Crippen LogP contribution in [-0.4, -0.2) is 11.7 Å². The van der Waals surface area contributed by atoms with Gasteiger partial charge in [0.25, 0.3) is 0 Å². The van der Waals surface area contributed by atoms with Gasteiger partial charge in [-0.1, -0.05) is 78.9 Å². The van der Waals surface area contributed by atoms with Gasteiger partial charge in [-0.05, 0) is 47.0 Å². The summed E-state index contributed by atoms with van der Waals surface area (Å²) >= 11 is 0. The third kappa shape index (κ3) is 3.27. The van der Waals surface area contributed by atoms with Crippen LogP contribution >= 0.6 is 0 Å². The van der Waals surface area contributed by atoms with Crippen molar-refractivity contribution in [2.75, 3.05) is 7.11 Å². The van der Waals surface area contributed by atoms with Crippen LogP contribution in [-0.2, 0) is 6.42 Å². The van der Waals surface area contributed by atoms with Gasteiger partial charge in [-0.3, -0.25) is 0 Å². The zero-order valence-corrected chi connectivity index (χ0v) is 17.0. The summed E-state index contributed by atoms with van der Waals surface area (Å²) in [5, 5.41) is 1.29. The number of hydrogen-bond donors (Lipinski definition) is 0. The smallest absolute Gasteiger partial charge is 0.119 e. The SMILES string of the molecule is COc1ccc(-n2c(-c3ccccc3)c(Cc3ccccc3)c3ccccc32)cc1. The van der Waals surface area contributed by atoms with E-state index < -0.39 is 0 Å². The molecule has 146 valence electrons. The van der Waals surface area contributed by atoms with Gasteiger partial charge in [0.05, 0.1) is 18.3 Å². The molecule has 0 saturated heterocycles. The summed E-state index contributed by atoms with van der Waals surface area (Å²) in [6.07, 6.45) is 0.884. The van der Waals surface area contributed by atoms with Crippen LogP contribution in [0.25, 0.3) is 27.8 Å². The highest BCUT2D eigenvalue weighted by Crippen LogP contribution is 2.38. The van der Waals surface area contributed by atoms with E-state index in [4.69, 9.17) is 4.74 Å². The number of hydrogen-bond acceptors (Lipinski definition) is 1. The molecule has 1 heterocycles. The maximum atomic E-state index is 5.38. The van der Waals surface area contributed by atoms with Gasteiger partial charge in [-0.25, -0.2) is 0 Å². The van der Waals surface area contributed by atoms with Crippen molar-refractivity contribution >= 4 is 10.9 Å². The minimum Gasteiger partial charge on any atom is -0.497 e. The first-order chi connectivity index (χ1) is 14.8. The van der Waals surface area contributed by atoms with Gasteiger partial charge in [0.2, 0.25) is 0 Å². The summed E-state index contributed by atoms with van der Waals surface area (Å²) in [6, 6.07) is 38.4. The van der Waals surface area contributed by atoms with Crippen LogP contribution in [0.3, 0.4) is 0 Å². The topological polar surface area (TPSA) is 14.2 Å². The summed E-state index contributed by atoms with van der Waals surface area (Å²) in [4.78, 5) is 0. The van der Waals surface area contributed by atoms with E-state index in [0.29, 0.717) is 0 Å². The molecule has 0 aliphatic rings. The van der Waals surface area contributed by atoms with Crippen LogP contribution in [0.15, 0.2) is 109 Å². The van der Waals surface area contributed by atoms with Crippen LogP contribution in [0.4, 0.5) is 0 Å². The maximum Gasteiger partial charge on any atom is 0.119 e. The molecule has 0 amide bonds. The Morgan fingerprint density at radius 3 is 2.00 bits per heavy atom. The molecule has 0 radical (unpaired) electrons. The van der Waals surface area contributed by atoms with Crippen molar-refractivity contribution < 1.29 is 4.74 Å². The molecule has 5 rings (SSSR count). The molecule has 0 fully saturated rings. The number of para-hydroxylation sites is 1. The zero-order valence-electron chi connectivity index (χ0n) is 17.0. The van der Waals surface area contributed by atoms with E-state index in [0.717, 1.165) is 17.9 Å². The second kappa shape index (κ2) is 7.92. The summed E-state index contributed by atoms with van der Waals surface area (Å²) in [5.74, 6) is 0.862. The Morgan fingerprint density at radius 1 is 0.667 bits per heavy atom. The average molecular weight is 389 g/mol. The number of rotatable bonds is 5. The second-order valence-corrected chi connectivity index (χ2v) is 7.41. The number of benzene rings is 4. The molecule has 1 aromatic heterocycles. The van der Waals surface area contributed by atoms with Crippen LogP contribution in [0.2, 0.25) is 0 Å². The molecule has 30 heavy (non-hydrogen) atoms. The minimum absolute atomic E-state index is 0.862. The third-order valence-corrected chi connectivity index (χ3v) is 5.58. The molecule has 0 bridgehead atoms. The zero-order chi connectivity index (χ0) is 20.3. The average Bonchev–Trinajstić information content (AvgIpc) is 3.14. The quantitative estimate of drug-likeness (QED) is 0.319. The molecular weight excluding hydrogens is 366 g/mol. The fourth-order valence-electron chi connectivity index (χ4n) is 4.18. The first kappa shape index (κ1) is 18.3. The van der Waals surface area contributed by atoms with E-state index in [-0.39, 0.29) is 0 Å².